The van der Waals surface area contributed by atoms with Crippen molar-refractivity contribution in [2.24, 2.45) is 0 Å². The minimum Gasteiger partial charge on any atom is -0.399 e. The highest BCUT2D eigenvalue weighted by molar-refractivity contribution is 5.45. The molecule has 1 aromatic carbocycles. The molecule has 1 aliphatic rings. The minimum atomic E-state index is 0.880. The van der Waals surface area contributed by atoms with E-state index in [4.69, 9.17) is 5.73 Å². The molecule has 0 bridgehead atoms. The van der Waals surface area contributed by atoms with Crippen molar-refractivity contribution < 1.29 is 0 Å². The molecule has 0 saturated carbocycles. The average molecular weight is 208 g/mol. The van der Waals surface area contributed by atoms with E-state index in [2.05, 4.69) is 17.4 Å². The fourth-order valence-corrected chi connectivity index (χ4v) is 1.50. The van der Waals surface area contributed by atoms with Crippen LogP contribution < -0.4 is 11.1 Å². The van der Waals surface area contributed by atoms with Crippen molar-refractivity contribution in [1.82, 2.24) is 5.32 Å². The summed E-state index contributed by atoms with van der Waals surface area (Å²) in [6.45, 7) is 10.1. The lowest BCUT2D eigenvalue weighted by molar-refractivity contribution is 0.644. The van der Waals surface area contributed by atoms with E-state index >= 15 is 0 Å². The minimum absolute atomic E-state index is 0.880. The number of rotatable bonds is 0. The Hall–Kier alpha value is -1.02. The lowest BCUT2D eigenvalue weighted by Gasteiger charge is -2.16. The predicted molar refractivity (Wildman–Crippen MR) is 69.0 cm³/mol. The van der Waals surface area contributed by atoms with Crippen molar-refractivity contribution in [1.29, 1.82) is 0 Å². The lowest BCUT2D eigenvalue weighted by Crippen LogP contribution is -2.23. The van der Waals surface area contributed by atoms with Gasteiger partial charge in [-0.2, -0.15) is 0 Å². The Labute approximate surface area is 93.9 Å². The molecule has 0 unspecified atom stereocenters. The largest absolute Gasteiger partial charge is 0.399 e. The molecule has 1 aromatic rings. The summed E-state index contributed by atoms with van der Waals surface area (Å²) in [6.07, 6.45) is 1.11. The van der Waals surface area contributed by atoms with Crippen LogP contribution in [0.1, 0.15) is 38.8 Å². The molecule has 0 aromatic heterocycles. The molecule has 86 valence electrons. The molecule has 0 saturated heterocycles. The summed E-state index contributed by atoms with van der Waals surface area (Å²) in [7, 11) is 0. The van der Waals surface area contributed by atoms with Crippen molar-refractivity contribution in [3.63, 3.8) is 0 Å². The van der Waals surface area contributed by atoms with Crippen molar-refractivity contribution in [2.45, 2.75) is 40.7 Å². The van der Waals surface area contributed by atoms with Gasteiger partial charge in [-0.25, -0.2) is 0 Å². The topological polar surface area (TPSA) is 38.0 Å². The molecule has 3 N–H and O–H groups in total. The van der Waals surface area contributed by atoms with E-state index < -0.39 is 0 Å². The molecule has 0 spiro atoms. The first-order valence-corrected chi connectivity index (χ1v) is 5.94. The van der Waals surface area contributed by atoms with E-state index in [0.717, 1.165) is 25.2 Å². The molecule has 1 aliphatic heterocycles. The van der Waals surface area contributed by atoms with E-state index in [9.17, 15) is 0 Å². The molecule has 0 amide bonds. The Morgan fingerprint density at radius 2 is 1.73 bits per heavy atom. The first-order valence-electron chi connectivity index (χ1n) is 5.94. The zero-order chi connectivity index (χ0) is 11.7. The van der Waals surface area contributed by atoms with Crippen LogP contribution >= 0.6 is 0 Å². The standard InChI is InChI=1S/C9H12N2.2C2H6/c10-9-2-1-8-6-11-4-3-7(8)5-9;2*1-2/h1-2,5,11H,3-4,6,10H2;2*1-2H3. The summed E-state index contributed by atoms with van der Waals surface area (Å²) in [6, 6.07) is 6.15. The normalized spacial score (nSPS) is 12.5. The SMILES string of the molecule is CC.CC.Nc1ccc2c(c1)CCNC2. The van der Waals surface area contributed by atoms with Crippen LogP contribution in [-0.4, -0.2) is 6.54 Å². The second kappa shape index (κ2) is 8.30. The van der Waals surface area contributed by atoms with Gasteiger partial charge in [0, 0.05) is 12.2 Å². The van der Waals surface area contributed by atoms with Gasteiger partial charge in [0.05, 0.1) is 0 Å². The number of hydrogen-bond acceptors (Lipinski definition) is 2. The third-order valence-electron chi connectivity index (χ3n) is 2.12. The Kier molecular flexibility index (Phi) is 7.74. The lowest BCUT2D eigenvalue weighted by atomic mass is 10.0. The number of nitrogens with two attached hydrogens (primary N) is 1. The van der Waals surface area contributed by atoms with Crippen molar-refractivity contribution in [2.75, 3.05) is 12.3 Å². The fraction of sp³-hybridized carbons (Fsp3) is 0.538. The average Bonchev–Trinajstić information content (AvgIpc) is 2.34. The highest BCUT2D eigenvalue weighted by Gasteiger charge is 2.06. The van der Waals surface area contributed by atoms with Crippen LogP contribution in [0.3, 0.4) is 0 Å². The maximum atomic E-state index is 5.66. The fourth-order valence-electron chi connectivity index (χ4n) is 1.50. The molecule has 2 rings (SSSR count). The van der Waals surface area contributed by atoms with Gasteiger partial charge in [0.2, 0.25) is 0 Å². The number of fused-ring (bicyclic) bond motifs is 1. The monoisotopic (exact) mass is 208 g/mol. The number of benzene rings is 1. The van der Waals surface area contributed by atoms with Crippen LogP contribution in [0.2, 0.25) is 0 Å². The third-order valence-corrected chi connectivity index (χ3v) is 2.12. The smallest absolute Gasteiger partial charge is 0.0316 e. The molecule has 2 heteroatoms. The molecule has 0 aliphatic carbocycles. The molecule has 0 fully saturated rings. The number of anilines is 1. The molecule has 15 heavy (non-hydrogen) atoms. The summed E-state index contributed by atoms with van der Waals surface area (Å²) in [5.41, 5.74) is 9.34. The Morgan fingerprint density at radius 1 is 1.07 bits per heavy atom. The Bertz CT molecular complexity index is 269. The second-order valence-corrected chi connectivity index (χ2v) is 2.95. The quantitative estimate of drug-likeness (QED) is 0.643. The third kappa shape index (κ3) is 4.34. The van der Waals surface area contributed by atoms with Gasteiger partial charge in [-0.05, 0) is 36.2 Å². The molecular formula is C13H24N2. The summed E-state index contributed by atoms with van der Waals surface area (Å²) in [5, 5.41) is 3.32. The van der Waals surface area contributed by atoms with Gasteiger partial charge in [-0.15, -0.1) is 0 Å². The Balaban J connectivity index is 0.000000442. The maximum Gasteiger partial charge on any atom is 0.0316 e. The number of hydrogen-bond donors (Lipinski definition) is 2. The molecule has 1 heterocycles. The van der Waals surface area contributed by atoms with Gasteiger partial charge >= 0.3 is 0 Å². The summed E-state index contributed by atoms with van der Waals surface area (Å²) in [4.78, 5) is 0. The van der Waals surface area contributed by atoms with Gasteiger partial charge in [-0.1, -0.05) is 33.8 Å². The first-order chi connectivity index (χ1) is 7.36. The van der Waals surface area contributed by atoms with Crippen LogP contribution in [0.4, 0.5) is 5.69 Å². The van der Waals surface area contributed by atoms with Crippen LogP contribution in [-0.2, 0) is 13.0 Å². The van der Waals surface area contributed by atoms with Gasteiger partial charge in [0.15, 0.2) is 0 Å². The number of nitrogen functional groups attached to an aromatic ring is 1. The predicted octanol–water partition coefficient (Wildman–Crippen LogP) is 2.97. The van der Waals surface area contributed by atoms with Gasteiger partial charge < -0.3 is 11.1 Å². The van der Waals surface area contributed by atoms with Crippen LogP contribution in [0.25, 0.3) is 0 Å². The van der Waals surface area contributed by atoms with E-state index in [1.165, 1.54) is 11.1 Å². The van der Waals surface area contributed by atoms with Gasteiger partial charge in [0.25, 0.3) is 0 Å². The van der Waals surface area contributed by atoms with Crippen LogP contribution in [0.15, 0.2) is 18.2 Å². The second-order valence-electron chi connectivity index (χ2n) is 2.95. The van der Waals surface area contributed by atoms with E-state index in [-0.39, 0.29) is 0 Å². The highest BCUT2D eigenvalue weighted by Crippen LogP contribution is 2.16. The molecule has 0 radical (unpaired) electrons. The zero-order valence-corrected chi connectivity index (χ0v) is 10.4. The Morgan fingerprint density at radius 3 is 2.40 bits per heavy atom. The van der Waals surface area contributed by atoms with E-state index in [0.29, 0.717) is 0 Å². The highest BCUT2D eigenvalue weighted by atomic mass is 14.9. The van der Waals surface area contributed by atoms with Crippen LogP contribution in [0.5, 0.6) is 0 Å². The molecular weight excluding hydrogens is 184 g/mol. The van der Waals surface area contributed by atoms with Gasteiger partial charge in [0.1, 0.15) is 0 Å². The van der Waals surface area contributed by atoms with E-state index in [1.54, 1.807) is 0 Å². The van der Waals surface area contributed by atoms with Crippen molar-refractivity contribution in [3.05, 3.63) is 29.3 Å². The van der Waals surface area contributed by atoms with Crippen molar-refractivity contribution in [3.8, 4) is 0 Å². The van der Waals surface area contributed by atoms with Crippen LogP contribution in [0, 0.1) is 0 Å². The summed E-state index contributed by atoms with van der Waals surface area (Å²) >= 11 is 0. The first kappa shape index (κ1) is 14.0. The summed E-state index contributed by atoms with van der Waals surface area (Å²) in [5.74, 6) is 0. The van der Waals surface area contributed by atoms with Crippen molar-refractivity contribution >= 4 is 5.69 Å². The zero-order valence-electron chi connectivity index (χ0n) is 10.4. The molecule has 2 nitrogen and oxygen atoms in total. The maximum absolute atomic E-state index is 5.66. The van der Waals surface area contributed by atoms with Gasteiger partial charge in [-0.3, -0.25) is 0 Å². The number of nitrogens with one attached hydrogen (secondary N) is 1. The summed E-state index contributed by atoms with van der Waals surface area (Å²) < 4.78 is 0. The molecule has 0 atom stereocenters. The van der Waals surface area contributed by atoms with E-state index in [1.807, 2.05) is 33.8 Å².